The molecule has 48 valence electrons. The Morgan fingerprint density at radius 1 is 1.38 bits per heavy atom. The second kappa shape index (κ2) is 16.0. The molecule has 0 aliphatic heterocycles. The summed E-state index contributed by atoms with van der Waals surface area (Å²) in [6, 6.07) is 0. The molecule has 0 unspecified atom stereocenters. The molecule has 4 heteroatoms. The predicted molar refractivity (Wildman–Crippen MR) is 23.3 cm³/mol. The van der Waals surface area contributed by atoms with E-state index in [1.807, 2.05) is 7.05 Å². The molecule has 0 aliphatic carbocycles. The van der Waals surface area contributed by atoms with Gasteiger partial charge in [0.25, 0.3) is 0 Å². The predicted octanol–water partition coefficient (Wildman–Crippen LogP) is 0.536. The molecule has 0 aromatic heterocycles. The van der Waals surface area contributed by atoms with Crippen LogP contribution in [0.5, 0.6) is 0 Å². The maximum atomic E-state index is 3.55. The standard InChI is InChI=1S/C4H9N.3W/c1-4-5(2)3;;;/h1-2,4H2,3H3;;;/q-2;;;+2. The third-order valence-corrected chi connectivity index (χ3v) is 0.382. The molecule has 0 bridgehead atoms. The summed E-state index contributed by atoms with van der Waals surface area (Å²) in [4.78, 5) is 1.76. The molecule has 0 radical (unpaired) electrons. The van der Waals surface area contributed by atoms with Gasteiger partial charge in [-0.25, -0.2) is 0 Å². The fraction of sp³-hybridized carbons (Fsp3) is 0.500. The van der Waals surface area contributed by atoms with E-state index in [0.717, 1.165) is 6.54 Å². The molecule has 0 amide bonds. The van der Waals surface area contributed by atoms with Gasteiger partial charge in [-0.3, -0.25) is 7.05 Å². The van der Waals surface area contributed by atoms with Gasteiger partial charge in [0.2, 0.25) is 0 Å². The van der Waals surface area contributed by atoms with Crippen LogP contribution in [0.2, 0.25) is 0 Å². The summed E-state index contributed by atoms with van der Waals surface area (Å²) in [7, 11) is 5.41. The van der Waals surface area contributed by atoms with Crippen LogP contribution in [0.4, 0.5) is 0 Å². The molecule has 8 heavy (non-hydrogen) atoms. The van der Waals surface area contributed by atoms with Gasteiger partial charge < -0.3 is 11.8 Å². The number of hydrogen-bond acceptors (Lipinski definition) is 1. The van der Waals surface area contributed by atoms with Crippen LogP contribution in [0.15, 0.2) is 0 Å². The smallest absolute Gasteiger partial charge is 0.487 e. The van der Waals surface area contributed by atoms with Crippen LogP contribution >= 0.6 is 0 Å². The van der Waals surface area contributed by atoms with Gasteiger partial charge in [0.15, 0.2) is 0 Å². The van der Waals surface area contributed by atoms with Crippen molar-refractivity contribution >= 4 is 0 Å². The molecule has 0 saturated heterocycles. The average Bonchev–Trinajstić information content (AvgIpc) is 1.38. The molecule has 0 aromatic carbocycles. The Morgan fingerprint density at radius 3 is 1.50 bits per heavy atom. The zero-order chi connectivity index (χ0) is 4.28. The normalized spacial score (nSPS) is 6.00. The maximum Gasteiger partial charge on any atom is 2.00 e. The SMILES string of the molecule is [CH2-]CN([CH2-])C.[W+2].[W].[W]. The molecule has 0 saturated carbocycles. The van der Waals surface area contributed by atoms with E-state index >= 15 is 0 Å². The Morgan fingerprint density at radius 2 is 1.50 bits per heavy atom. The summed E-state index contributed by atoms with van der Waals surface area (Å²) in [6.45, 7) is 4.33. The van der Waals surface area contributed by atoms with Gasteiger partial charge in [0.1, 0.15) is 0 Å². The van der Waals surface area contributed by atoms with Crippen molar-refractivity contribution in [3.8, 4) is 0 Å². The molecule has 0 fully saturated rings. The van der Waals surface area contributed by atoms with Crippen molar-refractivity contribution in [1.29, 1.82) is 0 Å². The first-order valence-electron chi connectivity index (χ1n) is 1.58. The van der Waals surface area contributed by atoms with Gasteiger partial charge in [-0.15, -0.1) is 0 Å². The topological polar surface area (TPSA) is 3.24 Å². The quantitative estimate of drug-likeness (QED) is 0.387. The van der Waals surface area contributed by atoms with Gasteiger partial charge in [0.05, 0.1) is 0 Å². The van der Waals surface area contributed by atoms with Gasteiger partial charge >= 0.3 is 21.1 Å². The fourth-order valence-corrected chi connectivity index (χ4v) is 0. The molecular weight excluding hydrogens is 614 g/mol. The number of rotatable bonds is 1. The Bertz CT molecular complexity index is 25.2. The molecule has 0 rings (SSSR count). The Labute approximate surface area is 94.8 Å². The second-order valence-electron chi connectivity index (χ2n) is 1.08. The first kappa shape index (κ1) is 22.5. The van der Waals surface area contributed by atoms with E-state index in [1.165, 1.54) is 0 Å². The van der Waals surface area contributed by atoms with Crippen molar-refractivity contribution in [1.82, 2.24) is 4.90 Å². The van der Waals surface area contributed by atoms with Gasteiger partial charge in [-0.1, -0.05) is 0 Å². The third-order valence-electron chi connectivity index (χ3n) is 0.382. The van der Waals surface area contributed by atoms with Crippen LogP contribution in [0.1, 0.15) is 0 Å². The maximum absolute atomic E-state index is 3.55. The molecule has 0 aliphatic rings. The molecule has 0 atom stereocenters. The zero-order valence-corrected chi connectivity index (χ0v) is 13.6. The van der Waals surface area contributed by atoms with Crippen molar-refractivity contribution in [2.45, 2.75) is 0 Å². The summed E-state index contributed by atoms with van der Waals surface area (Å²) in [5, 5.41) is 0. The van der Waals surface area contributed by atoms with Crippen molar-refractivity contribution in [2.75, 3.05) is 13.6 Å². The Hall–Kier alpha value is 2.02. The van der Waals surface area contributed by atoms with E-state index in [4.69, 9.17) is 0 Å². The first-order chi connectivity index (χ1) is 2.27. The first-order valence-corrected chi connectivity index (χ1v) is 1.58. The van der Waals surface area contributed by atoms with E-state index in [2.05, 4.69) is 14.0 Å². The van der Waals surface area contributed by atoms with Crippen LogP contribution in [0, 0.1) is 14.0 Å². The van der Waals surface area contributed by atoms with Crippen LogP contribution in [-0.4, -0.2) is 18.5 Å². The molecule has 0 spiro atoms. The summed E-state index contributed by atoms with van der Waals surface area (Å²) >= 11 is 0. The van der Waals surface area contributed by atoms with Crippen LogP contribution in [0.25, 0.3) is 0 Å². The Balaban J connectivity index is -0.0000000267. The second-order valence-corrected chi connectivity index (χ2v) is 1.08. The van der Waals surface area contributed by atoms with Gasteiger partial charge in [0, 0.05) is 42.1 Å². The summed E-state index contributed by atoms with van der Waals surface area (Å²) < 4.78 is 0. The molecule has 0 N–H and O–H groups in total. The molecule has 1 nitrogen and oxygen atoms in total. The summed E-state index contributed by atoms with van der Waals surface area (Å²) in [5.74, 6) is 0. The molecule has 0 heterocycles. The van der Waals surface area contributed by atoms with Crippen LogP contribution in [-0.2, 0) is 63.2 Å². The minimum Gasteiger partial charge on any atom is -0.487 e. The van der Waals surface area contributed by atoms with Gasteiger partial charge in [-0.2, -0.15) is 6.54 Å². The van der Waals surface area contributed by atoms with E-state index < -0.39 is 0 Å². The third kappa shape index (κ3) is 24.4. The fourth-order valence-electron chi connectivity index (χ4n) is 0. The number of hydrogen-bond donors (Lipinski definition) is 0. The number of nitrogens with zero attached hydrogens (tertiary/aromatic N) is 1. The van der Waals surface area contributed by atoms with Crippen molar-refractivity contribution in [3.63, 3.8) is 0 Å². The minimum atomic E-state index is 0. The summed E-state index contributed by atoms with van der Waals surface area (Å²) in [5.41, 5.74) is 0. The largest absolute Gasteiger partial charge is 2.00 e. The van der Waals surface area contributed by atoms with E-state index in [9.17, 15) is 0 Å². The van der Waals surface area contributed by atoms with E-state index in [-0.39, 0.29) is 63.2 Å². The average molecular weight is 623 g/mol. The minimum absolute atomic E-state index is 0. The van der Waals surface area contributed by atoms with Crippen LogP contribution < -0.4 is 0 Å². The molecule has 0 aromatic rings. The van der Waals surface area contributed by atoms with Crippen molar-refractivity contribution < 1.29 is 63.2 Å². The Kier molecular flexibility index (Phi) is 45.0. The van der Waals surface area contributed by atoms with Crippen molar-refractivity contribution in [3.05, 3.63) is 14.0 Å². The van der Waals surface area contributed by atoms with Gasteiger partial charge in [-0.05, 0) is 7.05 Å². The van der Waals surface area contributed by atoms with E-state index in [0.29, 0.717) is 0 Å². The van der Waals surface area contributed by atoms with E-state index in [1.54, 1.807) is 4.90 Å². The summed E-state index contributed by atoms with van der Waals surface area (Å²) in [6.07, 6.45) is 0. The van der Waals surface area contributed by atoms with Crippen molar-refractivity contribution in [2.24, 2.45) is 0 Å². The van der Waals surface area contributed by atoms with Crippen LogP contribution in [0.3, 0.4) is 0 Å². The molecular formula is C4H9NW3. The monoisotopic (exact) mass is 623 g/mol. The zero-order valence-electron chi connectivity index (χ0n) is 4.79.